The lowest BCUT2D eigenvalue weighted by Crippen LogP contribution is -2.26. The van der Waals surface area contributed by atoms with Crippen molar-refractivity contribution >= 4 is 33.0 Å². The largest absolute Gasteiger partial charge is 0.446 e. The van der Waals surface area contributed by atoms with E-state index in [1.807, 2.05) is 0 Å². The average molecular weight is 424 g/mol. The van der Waals surface area contributed by atoms with Gasteiger partial charge in [0.2, 0.25) is 0 Å². The Balaban J connectivity index is 1.85. The molecule has 1 heterocycles. The number of sulfone groups is 1. The first-order valence-corrected chi connectivity index (χ1v) is 11.6. The van der Waals surface area contributed by atoms with Gasteiger partial charge in [-0.05, 0) is 51.7 Å². The van der Waals surface area contributed by atoms with Gasteiger partial charge >= 0.3 is 6.09 Å². The number of carbonyl (C=O) groups excluding carboxylic acids is 1. The number of anilines is 1. The van der Waals surface area contributed by atoms with Crippen molar-refractivity contribution in [2.45, 2.75) is 61.7 Å². The predicted octanol–water partition coefficient (Wildman–Crippen LogP) is 3.70. The first kappa shape index (κ1) is 20.6. The van der Waals surface area contributed by atoms with Gasteiger partial charge in [0.05, 0.1) is 20.0 Å². The number of carbonyl (C=O) groups is 1. The molecule has 0 spiro atoms. The molecular weight excluding hydrogens is 398 g/mol. The minimum atomic E-state index is -3.47. The van der Waals surface area contributed by atoms with E-state index in [4.69, 9.17) is 16.2 Å². The normalized spacial score (nSPS) is 20.2. The highest BCUT2D eigenvalue weighted by Gasteiger charge is 2.28. The Hall–Kier alpha value is -2.13. The minimum absolute atomic E-state index is 0.131. The Morgan fingerprint density at radius 1 is 1.25 bits per heavy atom. The fraction of sp³-hybridized carbons (Fsp3) is 0.474. The van der Waals surface area contributed by atoms with Crippen molar-refractivity contribution < 1.29 is 17.9 Å². The number of nitrogens with two attached hydrogens (primary N) is 2. The van der Waals surface area contributed by atoms with Crippen molar-refractivity contribution in [2.75, 3.05) is 5.73 Å². The molecule has 1 saturated carbocycles. The lowest BCUT2D eigenvalue weighted by Gasteiger charge is -2.26. The second kappa shape index (κ2) is 8.08. The molecule has 152 valence electrons. The van der Waals surface area contributed by atoms with Crippen LogP contribution in [0.4, 0.5) is 10.5 Å². The first-order chi connectivity index (χ1) is 13.2. The van der Waals surface area contributed by atoms with Gasteiger partial charge < -0.3 is 16.2 Å². The highest BCUT2D eigenvalue weighted by Crippen LogP contribution is 2.40. The van der Waals surface area contributed by atoms with Crippen LogP contribution in [0.25, 0.3) is 10.4 Å². The summed E-state index contributed by atoms with van der Waals surface area (Å²) in [7, 11) is -3.47. The summed E-state index contributed by atoms with van der Waals surface area (Å²) in [5, 5.41) is 0.429. The van der Waals surface area contributed by atoms with Gasteiger partial charge in [-0.1, -0.05) is 6.07 Å². The Labute approximate surface area is 169 Å². The van der Waals surface area contributed by atoms with E-state index in [0.717, 1.165) is 35.6 Å². The zero-order valence-corrected chi connectivity index (χ0v) is 17.6. The Kier molecular flexibility index (Phi) is 5.95. The molecule has 1 aliphatic rings. The lowest BCUT2D eigenvalue weighted by molar-refractivity contribution is 0.0787. The number of benzene rings is 1. The molecule has 4 N–H and O–H groups in total. The summed E-state index contributed by atoms with van der Waals surface area (Å²) >= 11 is 1.51. The number of ether oxygens (including phenoxy) is 1. The van der Waals surface area contributed by atoms with Crippen molar-refractivity contribution in [1.29, 1.82) is 0 Å². The molecule has 1 aromatic carbocycles. The zero-order valence-electron chi connectivity index (χ0n) is 15.9. The number of nitrogens with zero attached hydrogens (tertiary/aromatic N) is 1. The third kappa shape index (κ3) is 4.30. The Bertz CT molecular complexity index is 961. The van der Waals surface area contributed by atoms with Crippen molar-refractivity contribution in [3.63, 3.8) is 0 Å². The van der Waals surface area contributed by atoms with E-state index in [-0.39, 0.29) is 16.9 Å². The van der Waals surface area contributed by atoms with Crippen LogP contribution in [0.15, 0.2) is 29.3 Å². The van der Waals surface area contributed by atoms with E-state index >= 15 is 0 Å². The molecule has 1 aliphatic carbocycles. The van der Waals surface area contributed by atoms with Crippen LogP contribution in [0, 0.1) is 0 Å². The van der Waals surface area contributed by atoms with Crippen LogP contribution in [0.2, 0.25) is 0 Å². The molecule has 28 heavy (non-hydrogen) atoms. The fourth-order valence-corrected chi connectivity index (χ4v) is 5.91. The van der Waals surface area contributed by atoms with Crippen molar-refractivity contribution in [2.24, 2.45) is 5.73 Å². The molecule has 7 nitrogen and oxygen atoms in total. The molecule has 3 rings (SSSR count). The van der Waals surface area contributed by atoms with Gasteiger partial charge in [-0.3, -0.25) is 0 Å². The summed E-state index contributed by atoms with van der Waals surface area (Å²) in [6.45, 7) is 3.32. The summed E-state index contributed by atoms with van der Waals surface area (Å²) in [4.78, 5) is 16.5. The molecule has 9 heteroatoms. The van der Waals surface area contributed by atoms with Crippen LogP contribution >= 0.6 is 11.3 Å². The third-order valence-electron chi connectivity index (χ3n) is 5.03. The quantitative estimate of drug-likeness (QED) is 0.706. The van der Waals surface area contributed by atoms with Crippen LogP contribution in [0.3, 0.4) is 0 Å². The van der Waals surface area contributed by atoms with Crippen LogP contribution in [0.1, 0.15) is 50.5 Å². The second-order valence-corrected chi connectivity index (χ2v) is 10.9. The number of amides is 1. The maximum Gasteiger partial charge on any atom is 0.404 e. The van der Waals surface area contributed by atoms with Gasteiger partial charge in [0.25, 0.3) is 0 Å². The van der Waals surface area contributed by atoms with Gasteiger partial charge in [0, 0.05) is 23.4 Å². The third-order valence-corrected chi connectivity index (χ3v) is 8.41. The lowest BCUT2D eigenvalue weighted by atomic mass is 9.88. The summed E-state index contributed by atoms with van der Waals surface area (Å²) in [6, 6.07) is 4.98. The maximum absolute atomic E-state index is 12.8. The maximum atomic E-state index is 12.8. The minimum Gasteiger partial charge on any atom is -0.446 e. The number of nitrogen functional groups attached to an aromatic ring is 1. The Morgan fingerprint density at radius 3 is 2.54 bits per heavy atom. The standard InChI is InChI=1S/C19H25N3O4S2/c1-11(2)28(24,25)17-9-13(20)5-8-15(17)16-10-22-18(27-16)12-3-6-14(7-4-12)26-19(21)23/h5,8-12,14H,3-4,6-7,20H2,1-2H3,(H2,21,23). The van der Waals surface area contributed by atoms with Crippen LogP contribution in [-0.2, 0) is 14.6 Å². The summed E-state index contributed by atoms with van der Waals surface area (Å²) in [5.74, 6) is 0.269. The molecule has 0 saturated heterocycles. The Morgan fingerprint density at radius 2 is 1.93 bits per heavy atom. The van der Waals surface area contributed by atoms with E-state index in [1.165, 1.54) is 17.4 Å². The summed E-state index contributed by atoms with van der Waals surface area (Å²) < 4.78 is 30.7. The highest BCUT2D eigenvalue weighted by atomic mass is 32.2. The smallest absolute Gasteiger partial charge is 0.404 e. The SMILES string of the molecule is CC(C)S(=O)(=O)c1cc(N)ccc1-c1cnc(C2CCC(OC(N)=O)CC2)s1. The molecule has 1 aromatic heterocycles. The van der Waals surface area contributed by atoms with Gasteiger partial charge in [-0.15, -0.1) is 11.3 Å². The number of hydrogen-bond donors (Lipinski definition) is 2. The molecule has 0 bridgehead atoms. The average Bonchev–Trinajstić information content (AvgIpc) is 3.11. The predicted molar refractivity (Wildman–Crippen MR) is 110 cm³/mol. The van der Waals surface area contributed by atoms with Crippen LogP contribution in [0.5, 0.6) is 0 Å². The second-order valence-electron chi connectivity index (χ2n) is 7.32. The van der Waals surface area contributed by atoms with Crippen molar-refractivity contribution in [3.8, 4) is 10.4 Å². The van der Waals surface area contributed by atoms with Crippen molar-refractivity contribution in [3.05, 3.63) is 29.4 Å². The summed E-state index contributed by atoms with van der Waals surface area (Å²) in [6.07, 6.45) is 4.06. The topological polar surface area (TPSA) is 125 Å². The molecule has 0 atom stereocenters. The monoisotopic (exact) mass is 423 g/mol. The zero-order chi connectivity index (χ0) is 20.5. The molecule has 2 aromatic rings. The molecule has 1 fully saturated rings. The van der Waals surface area contributed by atoms with Crippen LogP contribution < -0.4 is 11.5 Å². The fourth-order valence-electron chi connectivity index (χ4n) is 3.42. The van der Waals surface area contributed by atoms with Gasteiger partial charge in [-0.25, -0.2) is 18.2 Å². The highest BCUT2D eigenvalue weighted by molar-refractivity contribution is 7.92. The number of primary amides is 1. The van der Waals surface area contributed by atoms with E-state index in [0.29, 0.717) is 11.3 Å². The number of hydrogen-bond acceptors (Lipinski definition) is 7. The number of rotatable bonds is 5. The number of aromatic nitrogens is 1. The summed E-state index contributed by atoms with van der Waals surface area (Å²) in [5.41, 5.74) is 12.0. The van der Waals surface area contributed by atoms with Gasteiger partial charge in [-0.2, -0.15) is 0 Å². The van der Waals surface area contributed by atoms with Crippen molar-refractivity contribution in [1.82, 2.24) is 4.98 Å². The molecule has 0 aliphatic heterocycles. The van der Waals surface area contributed by atoms with E-state index < -0.39 is 21.2 Å². The number of thiazole rings is 1. The van der Waals surface area contributed by atoms with Gasteiger partial charge in [0.1, 0.15) is 6.10 Å². The molecule has 1 amide bonds. The molecule has 0 unspecified atom stereocenters. The van der Waals surface area contributed by atoms with E-state index in [1.54, 1.807) is 32.2 Å². The van der Waals surface area contributed by atoms with E-state index in [2.05, 4.69) is 4.98 Å². The molecule has 0 radical (unpaired) electrons. The van der Waals surface area contributed by atoms with Crippen LogP contribution in [-0.4, -0.2) is 30.8 Å². The first-order valence-electron chi connectivity index (χ1n) is 9.24. The molecular formula is C19H25N3O4S2. The van der Waals surface area contributed by atoms with Gasteiger partial charge in [0.15, 0.2) is 9.84 Å². The van der Waals surface area contributed by atoms with E-state index in [9.17, 15) is 13.2 Å².